The smallest absolute Gasteiger partial charge is 0.257 e. The average molecular weight is 257 g/mol. The highest BCUT2D eigenvalue weighted by molar-refractivity contribution is 6.18. The first-order valence-corrected chi connectivity index (χ1v) is 6.03. The minimum Gasteiger partial charge on any atom is -0.349 e. The number of nitrogens with zero attached hydrogens (tertiary/aromatic N) is 1. The summed E-state index contributed by atoms with van der Waals surface area (Å²) in [5.41, 5.74) is 0.650. The van der Waals surface area contributed by atoms with E-state index in [4.69, 9.17) is 9.47 Å². The third kappa shape index (κ3) is 4.58. The zero-order valence-corrected chi connectivity index (χ0v) is 12.1. The number of rotatable bonds is 7. The van der Waals surface area contributed by atoms with Crippen LogP contribution in [0.25, 0.3) is 0 Å². The molecule has 0 aliphatic carbocycles. The standard InChI is InChI=1S/C13H23NO4/c1-7-17-13(18-8-2)9(3)11(10(4)15)12(16)14(5)6/h13H,7-8H2,1-6H3. The summed E-state index contributed by atoms with van der Waals surface area (Å²) < 4.78 is 10.8. The summed E-state index contributed by atoms with van der Waals surface area (Å²) >= 11 is 0. The third-order valence-electron chi connectivity index (χ3n) is 2.36. The van der Waals surface area contributed by atoms with Crippen molar-refractivity contribution in [1.82, 2.24) is 4.90 Å². The molecule has 0 saturated heterocycles. The van der Waals surface area contributed by atoms with Crippen LogP contribution in [0.4, 0.5) is 0 Å². The van der Waals surface area contributed by atoms with E-state index in [1.165, 1.54) is 11.8 Å². The maximum absolute atomic E-state index is 12.0. The topological polar surface area (TPSA) is 55.8 Å². The molecule has 0 unspecified atom stereocenters. The van der Waals surface area contributed by atoms with Crippen LogP contribution in [0.2, 0.25) is 0 Å². The Morgan fingerprint density at radius 1 is 1.06 bits per heavy atom. The van der Waals surface area contributed by atoms with Gasteiger partial charge in [-0.15, -0.1) is 0 Å². The maximum atomic E-state index is 12.0. The quantitative estimate of drug-likeness (QED) is 0.299. The van der Waals surface area contributed by atoms with Gasteiger partial charge in [-0.2, -0.15) is 0 Å². The highest BCUT2D eigenvalue weighted by atomic mass is 16.7. The van der Waals surface area contributed by atoms with Gasteiger partial charge in [-0.25, -0.2) is 0 Å². The Hall–Kier alpha value is -1.20. The molecule has 18 heavy (non-hydrogen) atoms. The molecular formula is C13H23NO4. The number of amides is 1. The Labute approximate surface area is 109 Å². The molecule has 0 aromatic heterocycles. The van der Waals surface area contributed by atoms with E-state index in [9.17, 15) is 9.59 Å². The number of carbonyl (C=O) groups is 2. The second-order valence-electron chi connectivity index (χ2n) is 4.06. The highest BCUT2D eigenvalue weighted by Gasteiger charge is 2.24. The molecule has 0 aromatic rings. The first-order chi connectivity index (χ1) is 8.36. The predicted molar refractivity (Wildman–Crippen MR) is 69.1 cm³/mol. The molecule has 0 aliphatic rings. The summed E-state index contributed by atoms with van der Waals surface area (Å²) in [4.78, 5) is 25.0. The van der Waals surface area contributed by atoms with Crippen LogP contribution in [0.3, 0.4) is 0 Å². The molecule has 0 heterocycles. The van der Waals surface area contributed by atoms with Crippen LogP contribution in [0.5, 0.6) is 0 Å². The summed E-state index contributed by atoms with van der Waals surface area (Å²) in [6.45, 7) is 7.62. The summed E-state index contributed by atoms with van der Waals surface area (Å²) in [7, 11) is 3.21. The molecule has 0 bridgehead atoms. The van der Waals surface area contributed by atoms with E-state index >= 15 is 0 Å². The van der Waals surface area contributed by atoms with Gasteiger partial charge in [-0.1, -0.05) is 0 Å². The van der Waals surface area contributed by atoms with Gasteiger partial charge in [0.1, 0.15) is 0 Å². The van der Waals surface area contributed by atoms with Crippen molar-refractivity contribution in [2.24, 2.45) is 0 Å². The normalized spacial score (nSPS) is 12.4. The summed E-state index contributed by atoms with van der Waals surface area (Å²) in [5.74, 6) is -0.611. The minimum atomic E-state index is -0.650. The molecule has 0 saturated carbocycles. The van der Waals surface area contributed by atoms with Crippen molar-refractivity contribution in [3.63, 3.8) is 0 Å². The molecule has 0 atom stereocenters. The fourth-order valence-corrected chi connectivity index (χ4v) is 1.54. The van der Waals surface area contributed by atoms with E-state index in [1.807, 2.05) is 13.8 Å². The Balaban J connectivity index is 5.41. The zero-order valence-electron chi connectivity index (χ0n) is 12.1. The lowest BCUT2D eigenvalue weighted by Gasteiger charge is -2.21. The van der Waals surface area contributed by atoms with Gasteiger partial charge in [0.05, 0.1) is 5.57 Å². The van der Waals surface area contributed by atoms with Crippen molar-refractivity contribution in [2.45, 2.75) is 34.0 Å². The van der Waals surface area contributed by atoms with Gasteiger partial charge in [-0.05, 0) is 33.3 Å². The van der Waals surface area contributed by atoms with Gasteiger partial charge >= 0.3 is 0 Å². The van der Waals surface area contributed by atoms with Crippen molar-refractivity contribution in [3.05, 3.63) is 11.1 Å². The van der Waals surface area contributed by atoms with E-state index in [2.05, 4.69) is 0 Å². The van der Waals surface area contributed by atoms with Crippen LogP contribution in [0.1, 0.15) is 27.7 Å². The van der Waals surface area contributed by atoms with Crippen LogP contribution in [0.15, 0.2) is 11.1 Å². The molecule has 0 aliphatic heterocycles. The van der Waals surface area contributed by atoms with E-state index < -0.39 is 6.29 Å². The second-order valence-corrected chi connectivity index (χ2v) is 4.06. The first kappa shape index (κ1) is 16.8. The van der Waals surface area contributed by atoms with Crippen molar-refractivity contribution >= 4 is 11.7 Å². The Morgan fingerprint density at radius 3 is 1.78 bits per heavy atom. The lowest BCUT2D eigenvalue weighted by atomic mass is 10.0. The van der Waals surface area contributed by atoms with Gasteiger partial charge in [0.15, 0.2) is 12.1 Å². The van der Waals surface area contributed by atoms with E-state index in [1.54, 1.807) is 21.0 Å². The third-order valence-corrected chi connectivity index (χ3v) is 2.36. The number of ketones is 1. The fourth-order valence-electron chi connectivity index (χ4n) is 1.54. The first-order valence-electron chi connectivity index (χ1n) is 6.03. The summed E-state index contributed by atoms with van der Waals surface area (Å²) in [6.07, 6.45) is -0.650. The SMILES string of the molecule is CCOC(OCC)C(C)=C(C(C)=O)C(=O)N(C)C. The summed E-state index contributed by atoms with van der Waals surface area (Å²) in [5, 5.41) is 0. The van der Waals surface area contributed by atoms with Crippen molar-refractivity contribution < 1.29 is 19.1 Å². The molecule has 0 spiro atoms. The molecule has 1 amide bonds. The number of carbonyl (C=O) groups excluding carboxylic acids is 2. The largest absolute Gasteiger partial charge is 0.349 e. The predicted octanol–water partition coefficient (Wildman–Crippen LogP) is 1.38. The second kappa shape index (κ2) is 8.00. The van der Waals surface area contributed by atoms with Gasteiger partial charge in [0, 0.05) is 27.3 Å². The van der Waals surface area contributed by atoms with Crippen molar-refractivity contribution in [1.29, 1.82) is 0 Å². The van der Waals surface area contributed by atoms with Crippen LogP contribution in [0, 0.1) is 0 Å². The molecule has 0 fully saturated rings. The zero-order chi connectivity index (χ0) is 14.3. The Bertz CT molecular complexity index is 328. The maximum Gasteiger partial charge on any atom is 0.257 e. The molecule has 5 nitrogen and oxygen atoms in total. The molecule has 104 valence electrons. The fraction of sp³-hybridized carbons (Fsp3) is 0.692. The van der Waals surface area contributed by atoms with Crippen molar-refractivity contribution in [3.8, 4) is 0 Å². The van der Waals surface area contributed by atoms with E-state index in [0.717, 1.165) is 0 Å². The molecular weight excluding hydrogens is 234 g/mol. The monoisotopic (exact) mass is 257 g/mol. The van der Waals surface area contributed by atoms with Gasteiger partial charge in [0.2, 0.25) is 0 Å². The molecule has 5 heteroatoms. The lowest BCUT2D eigenvalue weighted by molar-refractivity contribution is -0.130. The Morgan fingerprint density at radius 2 is 1.50 bits per heavy atom. The lowest BCUT2D eigenvalue weighted by Crippen LogP contribution is -2.31. The van der Waals surface area contributed by atoms with E-state index in [0.29, 0.717) is 18.8 Å². The molecule has 0 radical (unpaired) electrons. The minimum absolute atomic E-state index is 0.131. The molecule has 0 rings (SSSR count). The molecule has 0 aromatic carbocycles. The highest BCUT2D eigenvalue weighted by Crippen LogP contribution is 2.16. The number of Topliss-reactive ketones (excluding diaryl/α,β-unsaturated/α-hetero) is 1. The molecule has 0 N–H and O–H groups in total. The van der Waals surface area contributed by atoms with Crippen LogP contribution in [-0.2, 0) is 19.1 Å². The summed E-state index contributed by atoms with van der Waals surface area (Å²) in [6, 6.07) is 0. The van der Waals surface area contributed by atoms with Gasteiger partial charge in [-0.3, -0.25) is 9.59 Å². The van der Waals surface area contributed by atoms with Crippen LogP contribution in [-0.4, -0.2) is 50.2 Å². The number of hydrogen-bond donors (Lipinski definition) is 0. The Kier molecular flexibility index (Phi) is 7.47. The van der Waals surface area contributed by atoms with Crippen LogP contribution >= 0.6 is 0 Å². The van der Waals surface area contributed by atoms with Gasteiger partial charge in [0.25, 0.3) is 5.91 Å². The van der Waals surface area contributed by atoms with Gasteiger partial charge < -0.3 is 14.4 Å². The average Bonchev–Trinajstić information content (AvgIpc) is 2.28. The number of hydrogen-bond acceptors (Lipinski definition) is 4. The van der Waals surface area contributed by atoms with Crippen molar-refractivity contribution in [2.75, 3.05) is 27.3 Å². The van der Waals surface area contributed by atoms with Crippen LogP contribution < -0.4 is 0 Å². The number of likely N-dealkylation sites (N-methyl/N-ethyl adjacent to an activating group) is 1. The number of ether oxygens (including phenoxy) is 2. The van der Waals surface area contributed by atoms with E-state index in [-0.39, 0.29) is 17.3 Å².